The molecule has 8 heteroatoms. The van der Waals surface area contributed by atoms with Crippen molar-refractivity contribution in [2.24, 2.45) is 14.1 Å². The predicted octanol–water partition coefficient (Wildman–Crippen LogP) is 0.221. The number of nitrogens with zero attached hydrogens (tertiary/aromatic N) is 4. The van der Waals surface area contributed by atoms with E-state index in [1.807, 2.05) is 29.7 Å². The highest BCUT2D eigenvalue weighted by Crippen LogP contribution is 2.12. The largest absolute Gasteiger partial charge is 0.332 e. The molecule has 24 heavy (non-hydrogen) atoms. The van der Waals surface area contributed by atoms with E-state index in [0.29, 0.717) is 0 Å². The molecule has 1 amide bonds. The second kappa shape index (κ2) is 5.80. The van der Waals surface area contributed by atoms with Gasteiger partial charge in [0.25, 0.3) is 5.56 Å². The number of aryl methyl sites for hydroxylation is 1. The summed E-state index contributed by atoms with van der Waals surface area (Å²) in [5.41, 5.74) is 1.56. The number of rotatable bonds is 3. The lowest BCUT2D eigenvalue weighted by molar-refractivity contribution is -0.115. The lowest BCUT2D eigenvalue weighted by Crippen LogP contribution is -2.38. The fourth-order valence-electron chi connectivity index (χ4n) is 2.54. The summed E-state index contributed by atoms with van der Waals surface area (Å²) < 4.78 is 4.04. The minimum Gasteiger partial charge on any atom is -0.311 e. The van der Waals surface area contributed by atoms with E-state index < -0.39 is 11.2 Å². The van der Waals surface area contributed by atoms with Gasteiger partial charge in [0.1, 0.15) is 11.5 Å². The number of aromatic nitrogens is 4. The first-order valence-corrected chi connectivity index (χ1v) is 7.37. The van der Waals surface area contributed by atoms with Crippen LogP contribution in [0.25, 0.3) is 5.65 Å². The number of carbonyl (C=O) groups is 1. The average Bonchev–Trinajstić information content (AvgIpc) is 2.95. The van der Waals surface area contributed by atoms with Crippen molar-refractivity contribution in [2.75, 3.05) is 5.32 Å². The van der Waals surface area contributed by atoms with Gasteiger partial charge in [0, 0.05) is 32.6 Å². The van der Waals surface area contributed by atoms with Crippen molar-refractivity contribution in [3.8, 4) is 0 Å². The zero-order valence-electron chi connectivity index (χ0n) is 13.6. The van der Waals surface area contributed by atoms with Gasteiger partial charge >= 0.3 is 5.69 Å². The van der Waals surface area contributed by atoms with Crippen molar-refractivity contribution in [1.29, 1.82) is 0 Å². The number of nitrogens with one attached hydrogen (secondary N) is 1. The monoisotopic (exact) mass is 327 g/mol. The fraction of sp³-hybridized carbons (Fsp3) is 0.250. The molecule has 0 radical (unpaired) electrons. The summed E-state index contributed by atoms with van der Waals surface area (Å²) in [6.45, 7) is 1.95. The number of hydrogen-bond donors (Lipinski definition) is 1. The van der Waals surface area contributed by atoms with E-state index in [4.69, 9.17) is 0 Å². The first-order chi connectivity index (χ1) is 11.4. The van der Waals surface area contributed by atoms with Crippen molar-refractivity contribution >= 4 is 17.4 Å². The third-order valence-electron chi connectivity index (χ3n) is 3.94. The van der Waals surface area contributed by atoms with Crippen molar-refractivity contribution in [2.45, 2.75) is 13.3 Å². The minimum absolute atomic E-state index is 0.0774. The zero-order valence-corrected chi connectivity index (χ0v) is 13.6. The highest BCUT2D eigenvalue weighted by atomic mass is 16.2. The van der Waals surface area contributed by atoms with Crippen LogP contribution in [0.2, 0.25) is 0 Å². The van der Waals surface area contributed by atoms with Crippen molar-refractivity contribution in [3.63, 3.8) is 0 Å². The number of fused-ring (bicyclic) bond motifs is 1. The van der Waals surface area contributed by atoms with Crippen molar-refractivity contribution in [1.82, 2.24) is 18.5 Å². The molecule has 3 heterocycles. The van der Waals surface area contributed by atoms with E-state index in [9.17, 15) is 14.4 Å². The summed E-state index contributed by atoms with van der Waals surface area (Å²) in [4.78, 5) is 40.2. The van der Waals surface area contributed by atoms with Crippen LogP contribution in [0.3, 0.4) is 0 Å². The summed E-state index contributed by atoms with van der Waals surface area (Å²) >= 11 is 0. The molecule has 0 aliphatic rings. The summed E-state index contributed by atoms with van der Waals surface area (Å²) in [7, 11) is 2.88. The molecular weight excluding hydrogens is 310 g/mol. The Morgan fingerprint density at radius 1 is 1.25 bits per heavy atom. The Balaban J connectivity index is 1.87. The van der Waals surface area contributed by atoms with Gasteiger partial charge in [-0.2, -0.15) is 0 Å². The van der Waals surface area contributed by atoms with Crippen LogP contribution in [0.4, 0.5) is 5.82 Å². The molecule has 3 aromatic rings. The van der Waals surface area contributed by atoms with Gasteiger partial charge in [0.05, 0.1) is 12.1 Å². The lowest BCUT2D eigenvalue weighted by Gasteiger charge is -2.10. The smallest absolute Gasteiger partial charge is 0.311 e. The molecule has 3 rings (SSSR count). The quantitative estimate of drug-likeness (QED) is 0.745. The Kier molecular flexibility index (Phi) is 3.80. The van der Waals surface area contributed by atoms with Crippen LogP contribution in [-0.2, 0) is 25.3 Å². The number of pyridine rings is 1. The molecule has 0 bridgehead atoms. The van der Waals surface area contributed by atoms with Crippen molar-refractivity contribution < 1.29 is 4.79 Å². The van der Waals surface area contributed by atoms with E-state index in [1.165, 1.54) is 24.7 Å². The van der Waals surface area contributed by atoms with Gasteiger partial charge < -0.3 is 9.72 Å². The average molecular weight is 327 g/mol. The number of imidazole rings is 1. The van der Waals surface area contributed by atoms with Crippen LogP contribution in [-0.4, -0.2) is 24.4 Å². The number of hydrogen-bond acceptors (Lipinski definition) is 4. The van der Waals surface area contributed by atoms with Gasteiger partial charge in [0.2, 0.25) is 5.91 Å². The van der Waals surface area contributed by atoms with E-state index in [0.717, 1.165) is 21.5 Å². The van der Waals surface area contributed by atoms with Crippen LogP contribution in [0.5, 0.6) is 0 Å². The third kappa shape index (κ3) is 2.62. The van der Waals surface area contributed by atoms with Crippen LogP contribution < -0.4 is 16.6 Å². The maximum absolute atomic E-state index is 12.3. The Hall–Kier alpha value is -3.16. The molecule has 8 nitrogen and oxygen atoms in total. The standard InChI is InChI=1S/C16H17N5O3/c1-10-5-4-6-21-11(9-17-15(10)21)7-13(22)18-12-8-14(23)20(3)16(24)19(12)2/h4-6,8-9H,7H2,1-3H3,(H,18,22). The summed E-state index contributed by atoms with van der Waals surface area (Å²) in [6.07, 6.45) is 3.56. The Labute approximate surface area is 137 Å². The maximum Gasteiger partial charge on any atom is 0.332 e. The first-order valence-electron chi connectivity index (χ1n) is 7.37. The molecule has 0 aromatic carbocycles. The third-order valence-corrected chi connectivity index (χ3v) is 3.94. The molecule has 0 atom stereocenters. The molecule has 3 aromatic heterocycles. The van der Waals surface area contributed by atoms with Gasteiger partial charge in [0.15, 0.2) is 0 Å². The van der Waals surface area contributed by atoms with Crippen LogP contribution >= 0.6 is 0 Å². The Morgan fingerprint density at radius 3 is 2.75 bits per heavy atom. The summed E-state index contributed by atoms with van der Waals surface area (Å²) in [5.74, 6) is -0.167. The number of amides is 1. The molecular formula is C16H17N5O3. The van der Waals surface area contributed by atoms with Gasteiger partial charge in [-0.1, -0.05) is 6.07 Å². The summed E-state index contributed by atoms with van der Waals surface area (Å²) in [6, 6.07) is 5.05. The normalized spacial score (nSPS) is 11.0. The second-order valence-electron chi connectivity index (χ2n) is 5.63. The molecule has 1 N–H and O–H groups in total. The first kappa shape index (κ1) is 15.7. The molecule has 0 aliphatic heterocycles. The topological polar surface area (TPSA) is 90.4 Å². The van der Waals surface area contributed by atoms with E-state index >= 15 is 0 Å². The molecule has 0 saturated heterocycles. The SMILES string of the molecule is Cc1cccn2c(CC(=O)Nc3cc(=O)n(C)c(=O)n3C)cnc12. The highest BCUT2D eigenvalue weighted by molar-refractivity contribution is 5.91. The molecule has 0 fully saturated rings. The van der Waals surface area contributed by atoms with Gasteiger partial charge in [-0.25, -0.2) is 9.78 Å². The number of carbonyl (C=O) groups excluding carboxylic acids is 1. The van der Waals surface area contributed by atoms with Gasteiger partial charge in [-0.15, -0.1) is 0 Å². The Morgan fingerprint density at radius 2 is 2.00 bits per heavy atom. The zero-order chi connectivity index (χ0) is 17.4. The van der Waals surface area contributed by atoms with E-state index in [2.05, 4.69) is 10.3 Å². The maximum atomic E-state index is 12.3. The van der Waals surface area contributed by atoms with E-state index in [1.54, 1.807) is 6.20 Å². The van der Waals surface area contributed by atoms with Crippen LogP contribution in [0.1, 0.15) is 11.3 Å². The van der Waals surface area contributed by atoms with E-state index in [-0.39, 0.29) is 18.1 Å². The van der Waals surface area contributed by atoms with Crippen LogP contribution in [0.15, 0.2) is 40.2 Å². The minimum atomic E-state index is -0.497. The molecule has 124 valence electrons. The van der Waals surface area contributed by atoms with Gasteiger partial charge in [-0.05, 0) is 18.6 Å². The summed E-state index contributed by atoms with van der Waals surface area (Å²) in [5, 5.41) is 2.61. The lowest BCUT2D eigenvalue weighted by atomic mass is 10.3. The molecule has 0 saturated carbocycles. The number of anilines is 1. The second-order valence-corrected chi connectivity index (χ2v) is 5.63. The molecule has 0 spiro atoms. The molecule has 0 unspecified atom stereocenters. The van der Waals surface area contributed by atoms with Crippen molar-refractivity contribution in [3.05, 3.63) is 62.7 Å². The van der Waals surface area contributed by atoms with Crippen LogP contribution in [0, 0.1) is 6.92 Å². The molecule has 0 aliphatic carbocycles. The highest BCUT2D eigenvalue weighted by Gasteiger charge is 2.13. The Bertz CT molecular complexity index is 1060. The van der Waals surface area contributed by atoms with Gasteiger partial charge in [-0.3, -0.25) is 18.7 Å². The predicted molar refractivity (Wildman–Crippen MR) is 89.2 cm³/mol. The fourth-order valence-corrected chi connectivity index (χ4v) is 2.54.